The van der Waals surface area contributed by atoms with Crippen molar-refractivity contribution in [2.45, 2.75) is 6.54 Å². The van der Waals surface area contributed by atoms with Gasteiger partial charge in [0.2, 0.25) is 5.91 Å². The maximum absolute atomic E-state index is 12.2. The molecule has 3 aromatic rings. The number of amides is 1. The topological polar surface area (TPSA) is 87.8 Å². The van der Waals surface area contributed by atoms with Gasteiger partial charge in [0, 0.05) is 22.3 Å². The fraction of sp³-hybridized carbons (Fsp3) is 0.0526. The van der Waals surface area contributed by atoms with Crippen molar-refractivity contribution in [3.8, 4) is 17.3 Å². The van der Waals surface area contributed by atoms with Crippen LogP contribution in [0.2, 0.25) is 5.02 Å². The molecule has 0 radical (unpaired) electrons. The Morgan fingerprint density at radius 2 is 1.77 bits per heavy atom. The Labute approximate surface area is 154 Å². The minimum absolute atomic E-state index is 0.222. The number of hydrogen-bond donors (Lipinski definition) is 1. The molecule has 2 aromatic carbocycles. The lowest BCUT2D eigenvalue weighted by Crippen LogP contribution is -2.29. The minimum Gasteiger partial charge on any atom is -0.324 e. The second-order valence-electron chi connectivity index (χ2n) is 5.46. The summed E-state index contributed by atoms with van der Waals surface area (Å²) in [6.07, 6.45) is 0. The molecule has 1 N–H and O–H groups in total. The average Bonchev–Trinajstić information content (AvgIpc) is 2.65. The first kappa shape index (κ1) is 17.4. The Balaban J connectivity index is 1.77. The number of nitrogens with one attached hydrogen (secondary N) is 1. The molecule has 128 valence electrons. The monoisotopic (exact) mass is 364 g/mol. The summed E-state index contributed by atoms with van der Waals surface area (Å²) in [5.74, 6) is -0.391. The number of carbonyl (C=O) groups excluding carboxylic acids is 1. The van der Waals surface area contributed by atoms with E-state index in [1.165, 1.54) is 6.07 Å². The molecule has 0 spiro atoms. The molecule has 0 saturated carbocycles. The Morgan fingerprint density at radius 1 is 1.08 bits per heavy atom. The number of anilines is 1. The zero-order chi connectivity index (χ0) is 18.5. The SMILES string of the molecule is N#Cc1ccc(NC(=O)Cn2nc(-c3ccc(Cl)cc3)ccc2=O)cc1. The van der Waals surface area contributed by atoms with Crippen molar-refractivity contribution in [3.05, 3.63) is 81.6 Å². The van der Waals surface area contributed by atoms with E-state index < -0.39 is 5.91 Å². The van der Waals surface area contributed by atoms with Gasteiger partial charge in [0.25, 0.3) is 5.56 Å². The molecule has 7 heteroatoms. The number of hydrogen-bond acceptors (Lipinski definition) is 4. The predicted octanol–water partition coefficient (Wildman–Crippen LogP) is 3.07. The van der Waals surface area contributed by atoms with Crippen molar-refractivity contribution in [2.75, 3.05) is 5.32 Å². The van der Waals surface area contributed by atoms with Crippen molar-refractivity contribution in [3.63, 3.8) is 0 Å². The van der Waals surface area contributed by atoms with Crippen molar-refractivity contribution >= 4 is 23.2 Å². The number of aromatic nitrogens is 2. The van der Waals surface area contributed by atoms with Crippen molar-refractivity contribution in [2.24, 2.45) is 0 Å². The molecular formula is C19H13ClN4O2. The van der Waals surface area contributed by atoms with Gasteiger partial charge in [-0.2, -0.15) is 10.4 Å². The van der Waals surface area contributed by atoms with Gasteiger partial charge < -0.3 is 5.32 Å². The first-order chi connectivity index (χ1) is 12.5. The van der Waals surface area contributed by atoms with Crippen molar-refractivity contribution in [1.29, 1.82) is 5.26 Å². The van der Waals surface area contributed by atoms with E-state index >= 15 is 0 Å². The van der Waals surface area contributed by atoms with Crippen LogP contribution < -0.4 is 10.9 Å². The summed E-state index contributed by atoms with van der Waals surface area (Å²) in [4.78, 5) is 24.2. The summed E-state index contributed by atoms with van der Waals surface area (Å²) in [7, 11) is 0. The Kier molecular flexibility index (Phi) is 5.11. The summed E-state index contributed by atoms with van der Waals surface area (Å²) in [6.45, 7) is -0.222. The van der Waals surface area contributed by atoms with Crippen molar-refractivity contribution < 1.29 is 4.79 Å². The molecule has 0 fully saturated rings. The molecule has 26 heavy (non-hydrogen) atoms. The van der Waals surface area contributed by atoms with Gasteiger partial charge in [-0.25, -0.2) is 4.68 Å². The first-order valence-corrected chi connectivity index (χ1v) is 8.07. The molecule has 0 unspecified atom stereocenters. The maximum atomic E-state index is 12.2. The molecule has 1 heterocycles. The highest BCUT2D eigenvalue weighted by molar-refractivity contribution is 6.30. The number of rotatable bonds is 4. The number of halogens is 1. The molecular weight excluding hydrogens is 352 g/mol. The van der Waals surface area contributed by atoms with E-state index in [1.807, 2.05) is 6.07 Å². The number of benzene rings is 2. The van der Waals surface area contributed by atoms with E-state index in [0.717, 1.165) is 10.2 Å². The van der Waals surface area contributed by atoms with Crippen LogP contribution in [0.25, 0.3) is 11.3 Å². The summed E-state index contributed by atoms with van der Waals surface area (Å²) >= 11 is 5.87. The lowest BCUT2D eigenvalue weighted by molar-refractivity contribution is -0.117. The third-order valence-electron chi connectivity index (χ3n) is 3.60. The Hall–Kier alpha value is -3.43. The molecule has 0 aliphatic carbocycles. The normalized spacial score (nSPS) is 10.2. The molecule has 0 bridgehead atoms. The second kappa shape index (κ2) is 7.64. The van der Waals surface area contributed by atoms with Crippen molar-refractivity contribution in [1.82, 2.24) is 9.78 Å². The molecule has 0 aliphatic heterocycles. The summed E-state index contributed by atoms with van der Waals surface area (Å²) < 4.78 is 1.10. The highest BCUT2D eigenvalue weighted by Crippen LogP contribution is 2.18. The minimum atomic E-state index is -0.391. The van der Waals surface area contributed by atoms with E-state index in [0.29, 0.717) is 22.0 Å². The molecule has 0 atom stereocenters. The van der Waals surface area contributed by atoms with Crippen LogP contribution in [-0.4, -0.2) is 15.7 Å². The van der Waals surface area contributed by atoms with E-state index in [1.54, 1.807) is 54.6 Å². The van der Waals surface area contributed by atoms with Gasteiger partial charge >= 0.3 is 0 Å². The van der Waals surface area contributed by atoms with Crippen LogP contribution in [0.15, 0.2) is 65.5 Å². The lowest BCUT2D eigenvalue weighted by atomic mass is 10.1. The van der Waals surface area contributed by atoms with E-state index in [2.05, 4.69) is 10.4 Å². The molecule has 1 aromatic heterocycles. The highest BCUT2D eigenvalue weighted by Gasteiger charge is 2.08. The van der Waals surface area contributed by atoms with E-state index in [-0.39, 0.29) is 12.1 Å². The number of nitrogens with zero attached hydrogens (tertiary/aromatic N) is 3. The van der Waals surface area contributed by atoms with Gasteiger partial charge in [0.1, 0.15) is 6.54 Å². The quantitative estimate of drug-likeness (QED) is 0.770. The predicted molar refractivity (Wildman–Crippen MR) is 98.7 cm³/mol. The molecule has 0 aliphatic rings. The van der Waals surface area contributed by atoms with Crippen LogP contribution in [0, 0.1) is 11.3 Å². The summed E-state index contributed by atoms with van der Waals surface area (Å²) in [6, 6.07) is 18.4. The largest absolute Gasteiger partial charge is 0.324 e. The van der Waals surface area contributed by atoms with Crippen LogP contribution in [-0.2, 0) is 11.3 Å². The molecule has 1 amide bonds. The van der Waals surface area contributed by atoms with E-state index in [9.17, 15) is 9.59 Å². The molecule has 3 rings (SSSR count). The third-order valence-corrected chi connectivity index (χ3v) is 3.85. The summed E-state index contributed by atoms with van der Waals surface area (Å²) in [5.41, 5.74) is 2.01. The van der Waals surface area contributed by atoms with Crippen LogP contribution in [0.4, 0.5) is 5.69 Å². The van der Waals surface area contributed by atoms with Crippen LogP contribution in [0.1, 0.15) is 5.56 Å². The Bertz CT molecular complexity index is 1030. The maximum Gasteiger partial charge on any atom is 0.267 e. The Morgan fingerprint density at radius 3 is 2.42 bits per heavy atom. The van der Waals surface area contributed by atoms with Gasteiger partial charge in [-0.1, -0.05) is 23.7 Å². The zero-order valence-corrected chi connectivity index (χ0v) is 14.3. The average molecular weight is 365 g/mol. The van der Waals surface area contributed by atoms with Crippen LogP contribution >= 0.6 is 11.6 Å². The molecule has 0 saturated heterocycles. The number of carbonyl (C=O) groups is 1. The van der Waals surface area contributed by atoms with Gasteiger partial charge in [-0.05, 0) is 42.5 Å². The zero-order valence-electron chi connectivity index (χ0n) is 13.5. The van der Waals surface area contributed by atoms with Crippen LogP contribution in [0.5, 0.6) is 0 Å². The smallest absolute Gasteiger partial charge is 0.267 e. The summed E-state index contributed by atoms with van der Waals surface area (Å²) in [5, 5.41) is 16.3. The second-order valence-corrected chi connectivity index (χ2v) is 5.90. The lowest BCUT2D eigenvalue weighted by Gasteiger charge is -2.08. The van der Waals surface area contributed by atoms with Crippen LogP contribution in [0.3, 0.4) is 0 Å². The third kappa shape index (κ3) is 4.15. The fourth-order valence-electron chi connectivity index (χ4n) is 2.30. The fourth-order valence-corrected chi connectivity index (χ4v) is 2.43. The van der Waals surface area contributed by atoms with E-state index in [4.69, 9.17) is 16.9 Å². The van der Waals surface area contributed by atoms with Gasteiger partial charge in [0.05, 0.1) is 17.3 Å². The molecule has 6 nitrogen and oxygen atoms in total. The number of nitriles is 1. The van der Waals surface area contributed by atoms with Gasteiger partial charge in [-0.15, -0.1) is 0 Å². The van der Waals surface area contributed by atoms with Gasteiger partial charge in [0.15, 0.2) is 0 Å². The standard InChI is InChI=1S/C19H13ClN4O2/c20-15-5-3-14(4-6-15)17-9-10-19(26)24(23-17)12-18(25)22-16-7-1-13(11-21)2-8-16/h1-10H,12H2,(H,22,25). The first-order valence-electron chi connectivity index (χ1n) is 7.69. The highest BCUT2D eigenvalue weighted by atomic mass is 35.5. The van der Waals surface area contributed by atoms with Gasteiger partial charge in [-0.3, -0.25) is 9.59 Å².